The van der Waals surface area contributed by atoms with Crippen molar-refractivity contribution < 1.29 is 18.8 Å². The fraction of sp³-hybridized carbons (Fsp3) is 0.348. The minimum Gasteiger partial charge on any atom is -0.352 e. The molecule has 2 aromatic rings. The molecule has 2 amide bonds. The van der Waals surface area contributed by atoms with Crippen molar-refractivity contribution in [2.45, 2.75) is 39.2 Å². The second-order valence-corrected chi connectivity index (χ2v) is 7.48. The Kier molecular flexibility index (Phi) is 6.75. The molecule has 29 heavy (non-hydrogen) atoms. The number of Topliss-reactive ketones (excluding diaryl/α,β-unsaturated/α-hetero) is 1. The molecule has 6 heteroatoms. The van der Waals surface area contributed by atoms with E-state index in [0.717, 1.165) is 0 Å². The van der Waals surface area contributed by atoms with Gasteiger partial charge in [0.25, 0.3) is 0 Å². The Balaban J connectivity index is 1.45. The Hall–Kier alpha value is -3.02. The van der Waals surface area contributed by atoms with Gasteiger partial charge in [-0.05, 0) is 62.9 Å². The summed E-state index contributed by atoms with van der Waals surface area (Å²) in [5, 5.41) is 5.68. The van der Waals surface area contributed by atoms with E-state index < -0.39 is 0 Å². The summed E-state index contributed by atoms with van der Waals surface area (Å²) in [6.45, 7) is 1.67. The highest BCUT2D eigenvalue weighted by Gasteiger charge is 2.30. The predicted octanol–water partition coefficient (Wildman–Crippen LogP) is 4.09. The van der Waals surface area contributed by atoms with Crippen molar-refractivity contribution in [3.63, 3.8) is 0 Å². The van der Waals surface area contributed by atoms with Crippen molar-refractivity contribution in [2.24, 2.45) is 11.8 Å². The number of rotatable bonds is 6. The molecule has 2 aromatic carbocycles. The van der Waals surface area contributed by atoms with E-state index in [1.165, 1.54) is 13.0 Å². The quantitative estimate of drug-likeness (QED) is 0.722. The van der Waals surface area contributed by atoms with Crippen LogP contribution in [0.25, 0.3) is 0 Å². The summed E-state index contributed by atoms with van der Waals surface area (Å²) in [6, 6.07) is 13.2. The summed E-state index contributed by atoms with van der Waals surface area (Å²) in [7, 11) is 0. The zero-order valence-corrected chi connectivity index (χ0v) is 16.4. The number of ketones is 1. The van der Waals surface area contributed by atoms with Crippen LogP contribution in [0.15, 0.2) is 48.5 Å². The maximum Gasteiger partial charge on any atom is 0.227 e. The molecular weight excluding hydrogens is 371 g/mol. The van der Waals surface area contributed by atoms with Crippen LogP contribution in [0.1, 0.15) is 48.5 Å². The van der Waals surface area contributed by atoms with Gasteiger partial charge in [0.1, 0.15) is 5.82 Å². The number of benzene rings is 2. The molecule has 0 bridgehead atoms. The van der Waals surface area contributed by atoms with Crippen LogP contribution in [0.2, 0.25) is 0 Å². The van der Waals surface area contributed by atoms with Crippen molar-refractivity contribution >= 4 is 23.3 Å². The summed E-state index contributed by atoms with van der Waals surface area (Å²) in [6.07, 6.45) is 2.53. The Morgan fingerprint density at radius 2 is 1.48 bits per heavy atom. The third-order valence-electron chi connectivity index (χ3n) is 5.44. The molecule has 0 aliphatic heterocycles. The van der Waals surface area contributed by atoms with Gasteiger partial charge in [0.2, 0.25) is 11.8 Å². The van der Waals surface area contributed by atoms with Crippen LogP contribution in [-0.4, -0.2) is 17.6 Å². The maximum atomic E-state index is 13.7. The van der Waals surface area contributed by atoms with Crippen LogP contribution < -0.4 is 10.6 Å². The first-order valence-electron chi connectivity index (χ1n) is 9.87. The second-order valence-electron chi connectivity index (χ2n) is 7.48. The molecule has 2 N–H and O–H groups in total. The first kappa shape index (κ1) is 20.7. The topological polar surface area (TPSA) is 75.3 Å². The van der Waals surface area contributed by atoms with Gasteiger partial charge in [-0.15, -0.1) is 0 Å². The highest BCUT2D eigenvalue weighted by atomic mass is 19.1. The number of nitrogens with one attached hydrogen (secondary N) is 2. The number of carbonyl (C=O) groups excluding carboxylic acids is 3. The highest BCUT2D eigenvalue weighted by molar-refractivity contribution is 5.96. The Morgan fingerprint density at radius 3 is 2.07 bits per heavy atom. The molecule has 1 aliphatic carbocycles. The fourth-order valence-corrected chi connectivity index (χ4v) is 3.62. The normalized spacial score (nSPS) is 18.7. The van der Waals surface area contributed by atoms with Crippen LogP contribution >= 0.6 is 0 Å². The van der Waals surface area contributed by atoms with Gasteiger partial charge < -0.3 is 10.6 Å². The van der Waals surface area contributed by atoms with Gasteiger partial charge >= 0.3 is 0 Å². The van der Waals surface area contributed by atoms with Crippen molar-refractivity contribution in [2.75, 3.05) is 5.32 Å². The Morgan fingerprint density at radius 1 is 0.897 bits per heavy atom. The molecule has 0 radical (unpaired) electrons. The van der Waals surface area contributed by atoms with Crippen molar-refractivity contribution in [3.05, 3.63) is 65.5 Å². The van der Waals surface area contributed by atoms with Crippen LogP contribution in [0.5, 0.6) is 0 Å². The van der Waals surface area contributed by atoms with Gasteiger partial charge in [-0.25, -0.2) is 4.39 Å². The SMILES string of the molecule is CC(=O)c1ccc(NC(=O)C2CCC(C(=O)NCc3ccccc3F)CC2)cc1. The lowest BCUT2D eigenvalue weighted by Crippen LogP contribution is -2.35. The first-order chi connectivity index (χ1) is 13.9. The smallest absolute Gasteiger partial charge is 0.227 e. The van der Waals surface area contributed by atoms with E-state index in [1.807, 2.05) is 0 Å². The van der Waals surface area contributed by atoms with E-state index in [4.69, 9.17) is 0 Å². The largest absolute Gasteiger partial charge is 0.352 e. The lowest BCUT2D eigenvalue weighted by Gasteiger charge is -2.27. The van der Waals surface area contributed by atoms with Crippen molar-refractivity contribution in [1.29, 1.82) is 0 Å². The molecule has 1 aliphatic rings. The molecule has 0 heterocycles. The summed E-state index contributed by atoms with van der Waals surface area (Å²) >= 11 is 0. The lowest BCUT2D eigenvalue weighted by molar-refractivity contribution is -0.128. The van der Waals surface area contributed by atoms with Crippen molar-refractivity contribution in [3.8, 4) is 0 Å². The molecule has 1 fully saturated rings. The average Bonchev–Trinajstić information content (AvgIpc) is 2.73. The second kappa shape index (κ2) is 9.45. The van der Waals surface area contributed by atoms with E-state index in [9.17, 15) is 18.8 Å². The number of hydrogen-bond acceptors (Lipinski definition) is 3. The fourth-order valence-electron chi connectivity index (χ4n) is 3.62. The number of carbonyl (C=O) groups is 3. The van der Waals surface area contributed by atoms with Gasteiger partial charge in [-0.1, -0.05) is 18.2 Å². The van der Waals surface area contributed by atoms with E-state index >= 15 is 0 Å². The molecule has 5 nitrogen and oxygen atoms in total. The third kappa shape index (κ3) is 5.50. The molecule has 1 saturated carbocycles. The number of anilines is 1. The van der Waals surface area contributed by atoms with E-state index in [2.05, 4.69) is 10.6 Å². The molecule has 0 atom stereocenters. The average molecular weight is 396 g/mol. The minimum atomic E-state index is -0.329. The maximum absolute atomic E-state index is 13.7. The standard InChI is InChI=1S/C23H25FN2O3/c1-15(27)16-10-12-20(13-11-16)26-23(29)18-8-6-17(7-9-18)22(28)25-14-19-4-2-3-5-21(19)24/h2-5,10-13,17-18H,6-9,14H2,1H3,(H,25,28)(H,26,29). The first-order valence-corrected chi connectivity index (χ1v) is 9.87. The number of halogens is 1. The summed E-state index contributed by atoms with van der Waals surface area (Å²) in [5.41, 5.74) is 1.72. The number of hydrogen-bond donors (Lipinski definition) is 2. The lowest BCUT2D eigenvalue weighted by atomic mass is 9.81. The van der Waals surface area contributed by atoms with E-state index in [0.29, 0.717) is 42.5 Å². The van der Waals surface area contributed by atoms with Gasteiger partial charge in [0.15, 0.2) is 5.78 Å². The van der Waals surface area contributed by atoms with E-state index in [-0.39, 0.29) is 41.8 Å². The Bertz CT molecular complexity index is 887. The molecular formula is C23H25FN2O3. The summed E-state index contributed by atoms with van der Waals surface area (Å²) in [4.78, 5) is 36.2. The molecule has 0 aromatic heterocycles. The van der Waals surface area contributed by atoms with Gasteiger partial charge in [0, 0.05) is 35.2 Å². The summed E-state index contributed by atoms with van der Waals surface area (Å²) < 4.78 is 13.7. The predicted molar refractivity (Wildman–Crippen MR) is 109 cm³/mol. The highest BCUT2D eigenvalue weighted by Crippen LogP contribution is 2.30. The van der Waals surface area contributed by atoms with E-state index in [1.54, 1.807) is 42.5 Å². The van der Waals surface area contributed by atoms with Gasteiger partial charge in [-0.2, -0.15) is 0 Å². The Labute approximate surface area is 169 Å². The number of amides is 2. The monoisotopic (exact) mass is 396 g/mol. The molecule has 0 saturated heterocycles. The molecule has 0 spiro atoms. The van der Waals surface area contributed by atoms with Crippen LogP contribution in [-0.2, 0) is 16.1 Å². The molecule has 0 unspecified atom stereocenters. The third-order valence-corrected chi connectivity index (χ3v) is 5.44. The zero-order valence-electron chi connectivity index (χ0n) is 16.4. The molecule has 3 rings (SSSR count). The molecule has 152 valence electrons. The summed E-state index contributed by atoms with van der Waals surface area (Å²) in [5.74, 6) is -0.796. The van der Waals surface area contributed by atoms with Crippen LogP contribution in [0, 0.1) is 17.7 Å². The van der Waals surface area contributed by atoms with Gasteiger partial charge in [0.05, 0.1) is 0 Å². The zero-order chi connectivity index (χ0) is 20.8. The minimum absolute atomic E-state index is 0.0190. The van der Waals surface area contributed by atoms with Gasteiger partial charge in [-0.3, -0.25) is 14.4 Å². The van der Waals surface area contributed by atoms with Crippen molar-refractivity contribution in [1.82, 2.24) is 5.32 Å². The van der Waals surface area contributed by atoms with Crippen LogP contribution in [0.4, 0.5) is 10.1 Å². The van der Waals surface area contributed by atoms with Crippen LogP contribution in [0.3, 0.4) is 0 Å².